The normalized spacial score (nSPS) is 18.0. The number of fused-ring (bicyclic) bond motifs is 1. The number of nitrogens with zero attached hydrogens (tertiary/aromatic N) is 3. The lowest BCUT2D eigenvalue weighted by Gasteiger charge is -2.16. The predicted molar refractivity (Wildman–Crippen MR) is 76.4 cm³/mol. The Morgan fingerprint density at radius 3 is 2.90 bits per heavy atom. The van der Waals surface area contributed by atoms with Crippen LogP contribution in [-0.4, -0.2) is 25.2 Å². The van der Waals surface area contributed by atoms with E-state index in [2.05, 4.69) is 20.1 Å². The molecular weight excluding hydrogens is 268 g/mol. The van der Waals surface area contributed by atoms with E-state index in [4.69, 9.17) is 4.52 Å². The molecule has 0 aliphatic heterocycles. The predicted octanol–water partition coefficient (Wildman–Crippen LogP) is 2.54. The molecule has 4 rings (SSSR count). The van der Waals surface area contributed by atoms with E-state index in [0.717, 1.165) is 35.3 Å². The summed E-state index contributed by atoms with van der Waals surface area (Å²) in [6.07, 6.45) is 2.00. The van der Waals surface area contributed by atoms with E-state index in [1.807, 2.05) is 25.1 Å². The van der Waals surface area contributed by atoms with Crippen LogP contribution >= 0.6 is 0 Å². The Labute approximate surface area is 121 Å². The average molecular weight is 284 g/mol. The zero-order valence-corrected chi connectivity index (χ0v) is 11.9. The van der Waals surface area contributed by atoms with Crippen molar-refractivity contribution in [2.24, 2.45) is 5.92 Å². The summed E-state index contributed by atoms with van der Waals surface area (Å²) in [5, 5.41) is 14.5. The van der Waals surface area contributed by atoms with Crippen LogP contribution in [0.3, 0.4) is 0 Å². The van der Waals surface area contributed by atoms with Crippen LogP contribution in [0.1, 0.15) is 31.5 Å². The van der Waals surface area contributed by atoms with E-state index in [9.17, 15) is 5.11 Å². The number of hydrogen-bond acceptors (Lipinski definition) is 5. The molecule has 0 spiro atoms. The second-order valence-corrected chi connectivity index (χ2v) is 5.87. The van der Waals surface area contributed by atoms with Crippen molar-refractivity contribution in [1.29, 1.82) is 0 Å². The number of aromatic nitrogens is 4. The van der Waals surface area contributed by atoms with Crippen LogP contribution in [0.2, 0.25) is 0 Å². The maximum absolute atomic E-state index is 10.5. The van der Waals surface area contributed by atoms with Crippen LogP contribution in [0.25, 0.3) is 22.4 Å². The van der Waals surface area contributed by atoms with Crippen LogP contribution in [0.15, 0.2) is 22.7 Å². The van der Waals surface area contributed by atoms with E-state index in [1.54, 1.807) is 6.92 Å². The van der Waals surface area contributed by atoms with Gasteiger partial charge in [-0.05, 0) is 44.7 Å². The summed E-state index contributed by atoms with van der Waals surface area (Å²) in [7, 11) is 0. The first kappa shape index (κ1) is 12.5. The van der Waals surface area contributed by atoms with Gasteiger partial charge in [0.2, 0.25) is 5.82 Å². The summed E-state index contributed by atoms with van der Waals surface area (Å²) in [6.45, 7) is 3.64. The van der Waals surface area contributed by atoms with Gasteiger partial charge >= 0.3 is 0 Å². The fraction of sp³-hybridized carbons (Fsp3) is 0.400. The number of benzene rings is 1. The zero-order valence-electron chi connectivity index (χ0n) is 11.9. The number of nitrogens with one attached hydrogen (secondary N) is 1. The lowest BCUT2D eigenvalue weighted by Crippen LogP contribution is -2.24. The van der Waals surface area contributed by atoms with Crippen LogP contribution in [-0.2, 0) is 5.60 Å². The molecule has 2 heterocycles. The van der Waals surface area contributed by atoms with Gasteiger partial charge in [0.05, 0.1) is 16.6 Å². The summed E-state index contributed by atoms with van der Waals surface area (Å²) in [5.41, 5.74) is 1.51. The van der Waals surface area contributed by atoms with Crippen LogP contribution in [0.5, 0.6) is 0 Å². The Hall–Kier alpha value is -2.21. The van der Waals surface area contributed by atoms with E-state index >= 15 is 0 Å². The number of H-pyrrole nitrogens is 1. The summed E-state index contributed by atoms with van der Waals surface area (Å²) in [4.78, 5) is 12.0. The molecule has 6 heteroatoms. The fourth-order valence-corrected chi connectivity index (χ4v) is 2.69. The lowest BCUT2D eigenvalue weighted by atomic mass is 10.0. The van der Waals surface area contributed by atoms with Gasteiger partial charge in [0.25, 0.3) is 5.89 Å². The number of aliphatic hydroxyl groups is 1. The Morgan fingerprint density at radius 1 is 1.33 bits per heavy atom. The van der Waals surface area contributed by atoms with Gasteiger partial charge in [0, 0.05) is 0 Å². The molecule has 108 valence electrons. The van der Waals surface area contributed by atoms with Crippen molar-refractivity contribution in [1.82, 2.24) is 20.1 Å². The SMILES string of the molecule is Cc1nc2c(-c3noc(C(C)(O)C4CC4)n3)cccc2[nH]1. The van der Waals surface area contributed by atoms with Crippen molar-refractivity contribution in [3.63, 3.8) is 0 Å². The number of imidazole rings is 1. The Bertz CT molecular complexity index is 814. The number of aryl methyl sites for hydroxylation is 1. The molecule has 2 aromatic heterocycles. The highest BCUT2D eigenvalue weighted by Crippen LogP contribution is 2.45. The Kier molecular flexibility index (Phi) is 2.47. The van der Waals surface area contributed by atoms with Crippen molar-refractivity contribution in [3.05, 3.63) is 29.9 Å². The van der Waals surface area contributed by atoms with Crippen molar-refractivity contribution in [2.45, 2.75) is 32.3 Å². The second kappa shape index (κ2) is 4.14. The molecule has 1 atom stereocenters. The van der Waals surface area contributed by atoms with Gasteiger partial charge in [-0.1, -0.05) is 11.2 Å². The van der Waals surface area contributed by atoms with Gasteiger partial charge in [-0.2, -0.15) is 4.98 Å². The minimum Gasteiger partial charge on any atom is -0.380 e. The molecule has 3 aromatic rings. The molecule has 1 aromatic carbocycles. The Balaban J connectivity index is 1.81. The monoisotopic (exact) mass is 284 g/mol. The first-order valence-corrected chi connectivity index (χ1v) is 7.08. The van der Waals surface area contributed by atoms with Gasteiger partial charge in [-0.3, -0.25) is 0 Å². The average Bonchev–Trinajstić information content (AvgIpc) is 3.07. The van der Waals surface area contributed by atoms with E-state index in [-0.39, 0.29) is 11.8 Å². The number of hydrogen-bond donors (Lipinski definition) is 2. The first-order valence-electron chi connectivity index (χ1n) is 7.08. The zero-order chi connectivity index (χ0) is 14.6. The molecule has 0 bridgehead atoms. The van der Waals surface area contributed by atoms with E-state index in [1.165, 1.54) is 0 Å². The molecule has 21 heavy (non-hydrogen) atoms. The summed E-state index contributed by atoms with van der Waals surface area (Å²) >= 11 is 0. The number of para-hydroxylation sites is 1. The minimum absolute atomic E-state index is 0.217. The molecular formula is C15H16N4O2. The highest BCUT2D eigenvalue weighted by atomic mass is 16.5. The molecule has 1 fully saturated rings. The maximum atomic E-state index is 10.5. The van der Waals surface area contributed by atoms with Crippen molar-refractivity contribution < 1.29 is 9.63 Å². The summed E-state index contributed by atoms with van der Waals surface area (Å²) in [6, 6.07) is 5.79. The summed E-state index contributed by atoms with van der Waals surface area (Å²) in [5.74, 6) is 1.80. The van der Waals surface area contributed by atoms with Crippen LogP contribution in [0.4, 0.5) is 0 Å². The Morgan fingerprint density at radius 2 is 2.14 bits per heavy atom. The van der Waals surface area contributed by atoms with Crippen LogP contribution < -0.4 is 0 Å². The van der Waals surface area contributed by atoms with Gasteiger partial charge in [-0.25, -0.2) is 4.98 Å². The summed E-state index contributed by atoms with van der Waals surface area (Å²) < 4.78 is 5.29. The van der Waals surface area contributed by atoms with Crippen molar-refractivity contribution in [3.8, 4) is 11.4 Å². The molecule has 2 N–H and O–H groups in total. The minimum atomic E-state index is -1.04. The number of rotatable bonds is 3. The third-order valence-corrected chi connectivity index (χ3v) is 4.10. The topological polar surface area (TPSA) is 87.8 Å². The maximum Gasteiger partial charge on any atom is 0.258 e. The highest BCUT2D eigenvalue weighted by molar-refractivity contribution is 5.89. The number of aromatic amines is 1. The fourth-order valence-electron chi connectivity index (χ4n) is 2.69. The van der Waals surface area contributed by atoms with Gasteiger partial charge in [0.1, 0.15) is 11.4 Å². The van der Waals surface area contributed by atoms with Crippen LogP contribution in [0, 0.1) is 12.8 Å². The highest BCUT2D eigenvalue weighted by Gasteiger charge is 2.45. The smallest absolute Gasteiger partial charge is 0.258 e. The molecule has 0 radical (unpaired) electrons. The molecule has 1 aliphatic rings. The molecule has 0 saturated heterocycles. The molecule has 0 amide bonds. The van der Waals surface area contributed by atoms with Gasteiger partial charge in [-0.15, -0.1) is 0 Å². The quantitative estimate of drug-likeness (QED) is 0.771. The third-order valence-electron chi connectivity index (χ3n) is 4.10. The van der Waals surface area contributed by atoms with E-state index < -0.39 is 5.60 Å². The largest absolute Gasteiger partial charge is 0.380 e. The van der Waals surface area contributed by atoms with Gasteiger partial charge < -0.3 is 14.6 Å². The van der Waals surface area contributed by atoms with Crippen molar-refractivity contribution >= 4 is 11.0 Å². The van der Waals surface area contributed by atoms with Crippen molar-refractivity contribution in [2.75, 3.05) is 0 Å². The second-order valence-electron chi connectivity index (χ2n) is 5.87. The van der Waals surface area contributed by atoms with Gasteiger partial charge in [0.15, 0.2) is 0 Å². The first-order chi connectivity index (χ1) is 10.1. The standard InChI is InChI=1S/C15H16N4O2/c1-8-16-11-5-3-4-10(12(11)17-8)13-18-14(21-19-13)15(2,20)9-6-7-9/h3-5,9,20H,6-7H2,1-2H3,(H,16,17). The molecule has 1 aliphatic carbocycles. The molecule has 1 saturated carbocycles. The van der Waals surface area contributed by atoms with E-state index in [0.29, 0.717) is 5.82 Å². The molecule has 1 unspecified atom stereocenters. The molecule has 6 nitrogen and oxygen atoms in total. The third kappa shape index (κ3) is 1.94. The lowest BCUT2D eigenvalue weighted by molar-refractivity contribution is 0.000916.